The average Bonchev–Trinajstić information content (AvgIpc) is 0.601. The molecule has 43 aromatic rings. The molecule has 486 valence electrons. The summed E-state index contributed by atoms with van der Waals surface area (Å²) >= 11 is 0. The maximum atomic E-state index is 2.61. The third-order valence-corrected chi connectivity index (χ3v) is 35.1. The maximum Gasteiger partial charge on any atom is -0.0000000000223 e. The number of benzene rings is 43. The first-order chi connectivity index (χ1) is 56.8. The fraction of sp³-hybridized carbons (Fsp3) is 0. The van der Waals surface area contributed by atoms with Crippen LogP contribution in [0.15, 0.2) is 182 Å². The van der Waals surface area contributed by atoms with Crippen LogP contribution in [-0.2, 0) is 0 Å². The Morgan fingerprint density at radius 2 is 0.114 bits per heavy atom. The first kappa shape index (κ1) is 48.0. The van der Waals surface area contributed by atoms with Crippen molar-refractivity contribution in [3.8, 4) is 0 Å². The van der Waals surface area contributed by atoms with Gasteiger partial charge in [0.1, 0.15) is 0 Å². The summed E-state index contributed by atoms with van der Waals surface area (Å²) in [5, 5.41) is 124. The van der Waals surface area contributed by atoms with Gasteiger partial charge in [0.25, 0.3) is 0 Å². The Labute approximate surface area is 629 Å². The highest BCUT2D eigenvalue weighted by Crippen LogP contribution is 2.76. The highest BCUT2D eigenvalue weighted by molar-refractivity contribution is 6.79. The minimum atomic E-state index is 1.39. The normalized spacial score (nSPS) is 15.4. The van der Waals surface area contributed by atoms with Gasteiger partial charge in [-0.2, -0.15) is 0 Å². The quantitative estimate of drug-likeness (QED) is 0.105. The lowest BCUT2D eigenvalue weighted by molar-refractivity contribution is 1.83. The van der Waals surface area contributed by atoms with Crippen molar-refractivity contribution in [2.24, 2.45) is 0 Å². The van der Waals surface area contributed by atoms with Gasteiger partial charge in [0, 0.05) is 0 Å². The summed E-state index contributed by atoms with van der Waals surface area (Å²) in [7, 11) is 0. The zero-order valence-corrected chi connectivity index (χ0v) is 59.3. The van der Waals surface area contributed by atoms with Crippen molar-refractivity contribution in [2.45, 2.75) is 0 Å². The number of hydrogen-bond acceptors (Lipinski definition) is 0. The van der Waals surface area contributed by atoms with Crippen LogP contribution in [0.5, 0.6) is 0 Å². The van der Waals surface area contributed by atoms with Crippen LogP contribution in [0.2, 0.25) is 0 Å². The highest BCUT2D eigenvalue weighted by atomic mass is 14.5. The van der Waals surface area contributed by atoms with E-state index in [-0.39, 0.29) is 0 Å². The molecule has 43 rings (SSSR count). The lowest BCUT2D eigenvalue weighted by Crippen LogP contribution is -2.09. The second-order valence-corrected chi connectivity index (χ2v) is 37.6. The topological polar surface area (TPSA) is 0 Å². The summed E-state index contributed by atoms with van der Waals surface area (Å²) in [6, 6.07) is 76.3. The molecule has 0 saturated carbocycles. The van der Waals surface area contributed by atoms with Crippen molar-refractivity contribution in [1.29, 1.82) is 0 Å². The molecular formula is C114H30. The SMILES string of the molecule is c1cc2c3ccc4c5cccc6c7ccc8c9cccc%10c%11ccc%12c%13cccc%14c%15ccc%16c%17cccc%18c%19ccc%20c%21cccc%22c%23ccc%24c(c1)c2c1c2c3c4c3c(c56)c4c7c8c5c(c9%10)c6c%11c%12c7c(c%13%14)c8c%15c%16c9c(c%18%17)c%10c%19c%20c%11c(c%22%21)c%12c%23c%24c1c1c%12c%12c%11c%10c%10c9c8c8c7c6c6c5c4c4c3c2c1c1c4c6c8c%10c%121. The number of hydrogen-bond donors (Lipinski definition) is 0. The Hall–Kier alpha value is -14.8. The van der Waals surface area contributed by atoms with Crippen molar-refractivity contribution in [1.82, 2.24) is 0 Å². The van der Waals surface area contributed by atoms with E-state index in [1.165, 1.54) is 420 Å². The smallest absolute Gasteiger partial charge is 0.0000000000223 e. The van der Waals surface area contributed by atoms with Crippen LogP contribution in [0.25, 0.3) is 452 Å². The van der Waals surface area contributed by atoms with Crippen molar-refractivity contribution in [2.75, 3.05) is 0 Å². The summed E-state index contributed by atoms with van der Waals surface area (Å²) in [6.07, 6.45) is 0. The van der Waals surface area contributed by atoms with Gasteiger partial charge in [-0.3, -0.25) is 0 Å². The summed E-state index contributed by atoms with van der Waals surface area (Å²) in [5.41, 5.74) is 0. The standard InChI is InChI=1S/C114H30/c1-7-31-43-19-21-45-33-9-2-11-35-47-23-25-49-37-13-4-15-39-51-27-29-53-41-17-6-18-42-54-30-28-52-40-16-5-14-38-50-26-24-48-36-12-3-10-34-46-22-20-44-32(8-1)55(31)73-79-61(43)63(45)81-74(56(33)35)83-65(47)67(49)85-76(58(37)39)87-69(51)71(53)89-78(60(41)42)90-72(54)70(52)88-77(59(38)40)86-68(50)66(48)84-75(57(34)36)82-64(46)62(44)80(73)92-94(82)105-96(84)98(86)107-100(88)102(90)108-101(89)99(87)106-97(85)95(83)104-93(81)91(79)103(92)109-110(104)112(106)114(108)113(107)111(105)109/h1-30H. The van der Waals surface area contributed by atoms with Crippen molar-refractivity contribution in [3.63, 3.8) is 0 Å². The molecule has 0 aliphatic rings. The van der Waals surface area contributed by atoms with Crippen LogP contribution < -0.4 is 0 Å². The third kappa shape index (κ3) is 3.49. The van der Waals surface area contributed by atoms with Crippen LogP contribution in [0, 0.1) is 0 Å². The molecule has 43 aromatic carbocycles. The minimum absolute atomic E-state index is 1.39. The van der Waals surface area contributed by atoms with Crippen LogP contribution in [-0.4, -0.2) is 0 Å². The Morgan fingerprint density at radius 3 is 0.202 bits per heavy atom. The Bertz CT molecular complexity index is 10000. The lowest BCUT2D eigenvalue weighted by Gasteiger charge is -2.38. The molecule has 0 unspecified atom stereocenters. The van der Waals surface area contributed by atoms with Gasteiger partial charge in [-0.15, -0.1) is 0 Å². The van der Waals surface area contributed by atoms with Gasteiger partial charge in [-0.05, 0) is 452 Å². The van der Waals surface area contributed by atoms with Gasteiger partial charge >= 0.3 is 0 Å². The average molecular weight is 1400 g/mol. The van der Waals surface area contributed by atoms with E-state index in [9.17, 15) is 0 Å². The first-order valence-electron chi connectivity index (χ1n) is 41.4. The van der Waals surface area contributed by atoms with Crippen molar-refractivity contribution in [3.05, 3.63) is 182 Å². The summed E-state index contributed by atoms with van der Waals surface area (Å²) in [4.78, 5) is 0. The molecule has 0 bridgehead atoms. The summed E-state index contributed by atoms with van der Waals surface area (Å²) < 4.78 is 0. The van der Waals surface area contributed by atoms with Gasteiger partial charge in [-0.1, -0.05) is 182 Å². The molecule has 0 spiro atoms. The Kier molecular flexibility index (Phi) is 5.46. The van der Waals surface area contributed by atoms with E-state index in [4.69, 9.17) is 0 Å². The molecular weight excluding hydrogens is 1370 g/mol. The van der Waals surface area contributed by atoms with Crippen LogP contribution >= 0.6 is 0 Å². The van der Waals surface area contributed by atoms with E-state index in [0.29, 0.717) is 0 Å². The van der Waals surface area contributed by atoms with Crippen LogP contribution in [0.3, 0.4) is 0 Å². The van der Waals surface area contributed by atoms with Gasteiger partial charge < -0.3 is 0 Å². The van der Waals surface area contributed by atoms with E-state index in [1.54, 1.807) is 32.3 Å². The second kappa shape index (κ2) is 13.0. The molecule has 0 aliphatic heterocycles. The Balaban J connectivity index is 0.959. The maximum absolute atomic E-state index is 2.61. The molecule has 0 aliphatic carbocycles. The molecule has 0 saturated heterocycles. The second-order valence-electron chi connectivity index (χ2n) is 37.6. The molecule has 0 nitrogen and oxygen atoms in total. The van der Waals surface area contributed by atoms with Crippen molar-refractivity contribution >= 4 is 452 Å². The summed E-state index contributed by atoms with van der Waals surface area (Å²) in [6.45, 7) is 0. The van der Waals surface area contributed by atoms with Crippen molar-refractivity contribution < 1.29 is 0 Å². The summed E-state index contributed by atoms with van der Waals surface area (Å²) in [5.74, 6) is 0. The number of rotatable bonds is 0. The van der Waals surface area contributed by atoms with E-state index in [0.717, 1.165) is 0 Å². The van der Waals surface area contributed by atoms with E-state index in [1.807, 2.05) is 0 Å². The van der Waals surface area contributed by atoms with Crippen LogP contribution in [0.4, 0.5) is 0 Å². The fourth-order valence-corrected chi connectivity index (χ4v) is 32.8. The van der Waals surface area contributed by atoms with E-state index in [2.05, 4.69) is 182 Å². The largest absolute Gasteiger partial charge is 0.0610 e. The molecule has 0 heteroatoms. The predicted molar refractivity (Wildman–Crippen MR) is 497 cm³/mol. The van der Waals surface area contributed by atoms with Gasteiger partial charge in [0.05, 0.1) is 0 Å². The highest BCUT2D eigenvalue weighted by Gasteiger charge is 2.47. The fourth-order valence-electron chi connectivity index (χ4n) is 32.8. The molecule has 0 fully saturated rings. The zero-order valence-electron chi connectivity index (χ0n) is 59.3. The third-order valence-electron chi connectivity index (χ3n) is 35.1. The zero-order chi connectivity index (χ0) is 69.7. The molecule has 114 heavy (non-hydrogen) atoms. The van der Waals surface area contributed by atoms with Crippen LogP contribution in [0.1, 0.15) is 0 Å². The van der Waals surface area contributed by atoms with E-state index < -0.39 is 0 Å². The Morgan fingerprint density at radius 1 is 0.0526 bits per heavy atom. The molecule has 0 amide bonds. The monoisotopic (exact) mass is 1400 g/mol. The molecule has 0 heterocycles. The van der Waals surface area contributed by atoms with Gasteiger partial charge in [-0.25, -0.2) is 0 Å². The lowest BCUT2D eigenvalue weighted by atomic mass is 9.63. The van der Waals surface area contributed by atoms with E-state index >= 15 is 0 Å². The molecule has 0 aromatic heterocycles. The molecule has 0 N–H and O–H groups in total. The first-order valence-corrected chi connectivity index (χ1v) is 41.4. The number of fused-ring (bicyclic) bond motifs is 12. The van der Waals surface area contributed by atoms with Gasteiger partial charge in [0.15, 0.2) is 0 Å². The molecule has 0 atom stereocenters. The molecule has 0 radical (unpaired) electrons. The predicted octanol–water partition coefficient (Wildman–Crippen LogP) is 33.3. The van der Waals surface area contributed by atoms with Gasteiger partial charge in [0.2, 0.25) is 0 Å². The minimum Gasteiger partial charge on any atom is -0.0610 e.